The van der Waals surface area contributed by atoms with Crippen molar-refractivity contribution in [3.8, 4) is 11.1 Å². The second-order valence-corrected chi connectivity index (χ2v) is 15.9. The van der Waals surface area contributed by atoms with Crippen LogP contribution in [0.4, 0.5) is 21.6 Å². The molecule has 0 spiro atoms. The van der Waals surface area contributed by atoms with E-state index in [9.17, 15) is 47.3 Å². The molecular weight excluding hydrogens is 912 g/mol. The molecule has 2 aromatic heterocycles. The number of hydrogen-bond acceptors (Lipinski definition) is 15. The molecule has 358 valence electrons. The molecule has 1 aliphatic heterocycles. The molecule has 0 unspecified atom stereocenters. The van der Waals surface area contributed by atoms with Gasteiger partial charge in [-0.05, 0) is 56.5 Å². The third kappa shape index (κ3) is 16.8. The molecule has 6 rings (SSSR count). The van der Waals surface area contributed by atoms with Crippen molar-refractivity contribution in [2.24, 2.45) is 0 Å². The monoisotopic (exact) mass is 956 g/mol. The average molecular weight is 957 g/mol. The lowest BCUT2D eigenvalue weighted by atomic mass is 9.89. The summed E-state index contributed by atoms with van der Waals surface area (Å²) in [6, 6.07) is 9.75. The second kappa shape index (κ2) is 24.8. The predicted octanol–water partition coefficient (Wildman–Crippen LogP) is 3.40. The molecule has 3 heterocycles. The number of carboxylic acids is 6. The van der Waals surface area contributed by atoms with Gasteiger partial charge in [0.25, 0.3) is 15.7 Å². The summed E-state index contributed by atoms with van der Waals surface area (Å²) in [5, 5.41) is 58.8. The number of likely N-dealkylation sites (N-methyl/N-ethyl adjacent to an activating group) is 1. The number of halogens is 1. The Bertz CT molecular complexity index is 2540. The molecule has 0 radical (unpaired) electrons. The van der Waals surface area contributed by atoms with E-state index in [0.29, 0.717) is 64.7 Å². The van der Waals surface area contributed by atoms with Crippen LogP contribution in [-0.4, -0.2) is 143 Å². The Kier molecular flexibility index (Phi) is 19.7. The van der Waals surface area contributed by atoms with Crippen LogP contribution >= 0.6 is 0 Å². The van der Waals surface area contributed by atoms with E-state index in [4.69, 9.17) is 36.4 Å². The summed E-state index contributed by atoms with van der Waals surface area (Å²) in [6.07, 6.45) is 10.8. The highest BCUT2D eigenvalue weighted by molar-refractivity contribution is 7.92. The van der Waals surface area contributed by atoms with Crippen LogP contribution in [0.2, 0.25) is 0 Å². The van der Waals surface area contributed by atoms with Crippen LogP contribution in [0.5, 0.6) is 0 Å². The Balaban J connectivity index is 0.000000406. The molecule has 26 heteroatoms. The van der Waals surface area contributed by atoms with Crippen LogP contribution in [0.3, 0.4) is 0 Å². The van der Waals surface area contributed by atoms with E-state index in [1.807, 2.05) is 6.20 Å². The Morgan fingerprint density at radius 2 is 1.24 bits per heavy atom. The summed E-state index contributed by atoms with van der Waals surface area (Å²) in [4.78, 5) is 81.0. The number of hydrogen-bond donors (Lipinski definition) is 8. The van der Waals surface area contributed by atoms with E-state index in [-0.39, 0.29) is 17.5 Å². The number of aliphatic carboxylic acids is 6. The van der Waals surface area contributed by atoms with Gasteiger partial charge in [0.15, 0.2) is 4.90 Å². The summed E-state index contributed by atoms with van der Waals surface area (Å²) in [6.45, 7) is 4.35. The Hall–Kier alpha value is -8.10. The number of benzene rings is 2. The molecule has 2 aliphatic rings. The summed E-state index contributed by atoms with van der Waals surface area (Å²) in [5.41, 5.74) is 7.15. The van der Waals surface area contributed by atoms with Crippen LogP contribution < -0.4 is 10.5 Å². The largest absolute Gasteiger partial charge is 0.478 e. The van der Waals surface area contributed by atoms with Crippen LogP contribution in [0.25, 0.3) is 22.2 Å². The number of nitrogens with two attached hydrogens (primary N) is 1. The van der Waals surface area contributed by atoms with Gasteiger partial charge >= 0.3 is 35.8 Å². The number of nitro benzene ring substituents is 1. The van der Waals surface area contributed by atoms with Crippen molar-refractivity contribution in [2.75, 3.05) is 43.7 Å². The maximum Gasteiger partial charge on any atom is 0.328 e. The first-order chi connectivity index (χ1) is 31.5. The first-order valence-electron chi connectivity index (χ1n) is 19.5. The Labute approximate surface area is 379 Å². The lowest BCUT2D eigenvalue weighted by Gasteiger charge is -2.41. The maximum absolute atomic E-state index is 15.4. The van der Waals surface area contributed by atoms with E-state index in [0.717, 1.165) is 64.0 Å². The van der Waals surface area contributed by atoms with E-state index >= 15 is 4.39 Å². The zero-order valence-corrected chi connectivity index (χ0v) is 36.1. The SMILES string of the molecule is CN1CCN(C2CCC(n3cc(-c4ccc(NS(=O)(=O)c5ccccc5[N+](=O)[O-])c(F)c4)c4c(N)ncnc43)CC2)CC1.O=C(O)/C=C\C(=O)O.O=C(O)/C=C\C(=O)O.O=C(O)/C=C\C(=O)O. The summed E-state index contributed by atoms with van der Waals surface area (Å²) < 4.78 is 45.6. The lowest BCUT2D eigenvalue weighted by molar-refractivity contribution is -0.387. The summed E-state index contributed by atoms with van der Waals surface area (Å²) in [5.74, 6) is -8.12. The number of carbonyl (C=O) groups is 6. The van der Waals surface area contributed by atoms with Crippen LogP contribution in [0.15, 0.2) is 96.3 Å². The quantitative estimate of drug-likeness (QED) is 0.0540. The molecule has 24 nitrogen and oxygen atoms in total. The van der Waals surface area contributed by atoms with Crippen LogP contribution in [-0.2, 0) is 38.8 Å². The normalized spacial score (nSPS) is 16.4. The fourth-order valence-electron chi connectivity index (χ4n) is 6.72. The minimum absolute atomic E-state index is 0.201. The van der Waals surface area contributed by atoms with Crippen LogP contribution in [0.1, 0.15) is 31.7 Å². The number of piperazine rings is 1. The summed E-state index contributed by atoms with van der Waals surface area (Å²) >= 11 is 0. The van der Waals surface area contributed by atoms with Gasteiger partial charge in [-0.2, -0.15) is 0 Å². The fourth-order valence-corrected chi connectivity index (χ4v) is 7.96. The number of nitro groups is 1. The van der Waals surface area contributed by atoms with Gasteiger partial charge in [0.2, 0.25) is 0 Å². The van der Waals surface area contributed by atoms with Gasteiger partial charge in [-0.3, -0.25) is 19.7 Å². The molecule has 1 saturated carbocycles. The van der Waals surface area contributed by atoms with Gasteiger partial charge in [0.1, 0.15) is 23.6 Å². The van der Waals surface area contributed by atoms with Crippen molar-refractivity contribution in [1.29, 1.82) is 0 Å². The molecule has 0 bridgehead atoms. The van der Waals surface area contributed by atoms with Gasteiger partial charge in [0.05, 0.1) is 16.0 Å². The number of rotatable bonds is 13. The zero-order valence-electron chi connectivity index (χ0n) is 35.3. The highest BCUT2D eigenvalue weighted by Gasteiger charge is 2.31. The Morgan fingerprint density at radius 1 is 0.761 bits per heavy atom. The van der Waals surface area contributed by atoms with E-state index in [2.05, 4.69) is 36.1 Å². The first-order valence-corrected chi connectivity index (χ1v) is 21.0. The van der Waals surface area contributed by atoms with Crippen molar-refractivity contribution < 1.29 is 77.1 Å². The van der Waals surface area contributed by atoms with Gasteiger partial charge in [-0.25, -0.2) is 51.5 Å². The van der Waals surface area contributed by atoms with Crippen molar-refractivity contribution in [3.63, 3.8) is 0 Å². The minimum atomic E-state index is -4.44. The molecule has 0 amide bonds. The molecular formula is C41H45FN8O16S. The summed E-state index contributed by atoms with van der Waals surface area (Å²) in [7, 11) is -2.28. The van der Waals surface area contributed by atoms with Crippen LogP contribution in [0, 0.1) is 15.9 Å². The lowest BCUT2D eigenvalue weighted by Crippen LogP contribution is -2.49. The number of aromatic nitrogens is 3. The molecule has 9 N–H and O–H groups in total. The van der Waals surface area contributed by atoms with Gasteiger partial charge < -0.3 is 45.8 Å². The van der Waals surface area contributed by atoms with Crippen molar-refractivity contribution >= 4 is 74.1 Å². The highest BCUT2D eigenvalue weighted by atomic mass is 32.2. The van der Waals surface area contributed by atoms with E-state index < -0.39 is 67.2 Å². The molecule has 1 aliphatic carbocycles. The van der Waals surface area contributed by atoms with Crippen molar-refractivity contribution in [1.82, 2.24) is 24.3 Å². The molecule has 1 saturated heterocycles. The number of nitrogens with one attached hydrogen (secondary N) is 1. The smallest absolute Gasteiger partial charge is 0.328 e. The topological polar surface area (TPSA) is 376 Å². The number of nitrogen functional groups attached to an aromatic ring is 1. The van der Waals surface area contributed by atoms with Gasteiger partial charge in [-0.1, -0.05) is 18.2 Å². The van der Waals surface area contributed by atoms with E-state index in [1.54, 1.807) is 6.07 Å². The minimum Gasteiger partial charge on any atom is -0.478 e. The van der Waals surface area contributed by atoms with E-state index in [1.165, 1.54) is 30.6 Å². The average Bonchev–Trinajstić information content (AvgIpc) is 3.67. The molecule has 2 fully saturated rings. The number of nitrogens with zero attached hydrogens (tertiary/aromatic N) is 6. The number of sulfonamides is 1. The van der Waals surface area contributed by atoms with Gasteiger partial charge in [-0.15, -0.1) is 0 Å². The third-order valence-electron chi connectivity index (χ3n) is 9.73. The fraction of sp³-hybridized carbons (Fsp3) is 0.268. The third-order valence-corrected chi connectivity index (χ3v) is 11.1. The highest BCUT2D eigenvalue weighted by Crippen LogP contribution is 2.40. The number of para-hydroxylation sites is 1. The predicted molar refractivity (Wildman–Crippen MR) is 235 cm³/mol. The molecule has 0 atom stereocenters. The standard InChI is InChI=1S/C29H33FN8O4S.3C4H4O4/c1-35-12-14-36(15-13-35)20-7-9-21(10-8-20)37-17-22(27-28(31)32-18-33-29(27)37)19-6-11-24(23(30)16-19)34-43(41,42)26-5-3-2-4-25(26)38(39)40;3*5-3(6)1-2-4(7)8/h2-6,11,16-18,20-21,34H,7-10,12-15H2,1H3,(H2,31,32,33);3*1-2H,(H,5,6)(H,7,8)/b;3*2-1-. The first kappa shape index (κ1) is 53.2. The van der Waals surface area contributed by atoms with Gasteiger partial charge in [0, 0.05) is 92.5 Å². The number of carboxylic acid groups (broad SMARTS) is 6. The second-order valence-electron chi connectivity index (χ2n) is 14.3. The maximum atomic E-state index is 15.4. The van der Waals surface area contributed by atoms with Crippen molar-refractivity contribution in [2.45, 2.75) is 42.7 Å². The number of anilines is 2. The zero-order chi connectivity index (χ0) is 50.0. The Morgan fingerprint density at radius 3 is 1.70 bits per heavy atom. The molecule has 67 heavy (non-hydrogen) atoms. The molecule has 2 aromatic carbocycles. The van der Waals surface area contributed by atoms with Crippen molar-refractivity contribution in [3.05, 3.63) is 107 Å². The number of fused-ring (bicyclic) bond motifs is 1. The molecule has 4 aromatic rings.